The van der Waals surface area contributed by atoms with Gasteiger partial charge in [-0.05, 0) is 56.1 Å². The third-order valence-corrected chi connectivity index (χ3v) is 5.57. The van der Waals surface area contributed by atoms with E-state index in [2.05, 4.69) is 20.9 Å². The molecule has 4 rings (SSSR count). The van der Waals surface area contributed by atoms with Crippen molar-refractivity contribution in [3.63, 3.8) is 0 Å². The number of likely N-dealkylation sites (tertiary alicyclic amines) is 1. The predicted octanol–water partition coefficient (Wildman–Crippen LogP) is 3.62. The number of hydrogen-bond acceptors (Lipinski definition) is 6. The summed E-state index contributed by atoms with van der Waals surface area (Å²) in [5, 5.41) is 0. The topological polar surface area (TPSA) is 80.3 Å². The van der Waals surface area contributed by atoms with Crippen LogP contribution in [0.25, 0.3) is 11.4 Å². The van der Waals surface area contributed by atoms with Gasteiger partial charge in [-0.1, -0.05) is 6.07 Å². The molecule has 0 aliphatic carbocycles. The molecule has 1 fully saturated rings. The van der Waals surface area contributed by atoms with E-state index in [0.717, 1.165) is 55.2 Å². The number of nitrogens with zero attached hydrogens (tertiary/aromatic N) is 3. The quantitative estimate of drug-likeness (QED) is 0.629. The SMILES string of the molecule is CCOc1ccc(CN2CCCC(c3cc(=O)[nH]c(-c4ccncc4)n3)C2)cc1OC. The van der Waals surface area contributed by atoms with Gasteiger partial charge < -0.3 is 14.5 Å². The van der Waals surface area contributed by atoms with Gasteiger partial charge in [-0.3, -0.25) is 14.7 Å². The Morgan fingerprint density at radius 2 is 2.00 bits per heavy atom. The Kier molecular flexibility index (Phi) is 6.62. The number of aromatic nitrogens is 3. The number of rotatable bonds is 7. The number of methoxy groups -OCH3 is 1. The second-order valence-electron chi connectivity index (χ2n) is 7.75. The number of H-pyrrole nitrogens is 1. The van der Waals surface area contributed by atoms with Crippen LogP contribution in [0.3, 0.4) is 0 Å². The van der Waals surface area contributed by atoms with Gasteiger partial charge >= 0.3 is 0 Å². The van der Waals surface area contributed by atoms with Crippen molar-refractivity contribution >= 4 is 0 Å². The molecule has 1 unspecified atom stereocenters. The fourth-order valence-corrected chi connectivity index (χ4v) is 4.12. The third kappa shape index (κ3) is 5.11. The van der Waals surface area contributed by atoms with Crippen molar-refractivity contribution in [3.8, 4) is 22.9 Å². The molecular weight excluding hydrogens is 392 g/mol. The number of nitrogens with one attached hydrogen (secondary N) is 1. The van der Waals surface area contributed by atoms with Gasteiger partial charge in [-0.15, -0.1) is 0 Å². The standard InChI is InChI=1S/C24H28N4O3/c1-3-31-21-7-6-17(13-22(21)30-2)15-28-12-4-5-19(16-28)20-14-23(29)27-24(26-20)18-8-10-25-11-9-18/h6-11,13-14,19H,3-5,12,15-16H2,1-2H3,(H,26,27,29). The molecule has 0 amide bonds. The highest BCUT2D eigenvalue weighted by Crippen LogP contribution is 2.31. The maximum absolute atomic E-state index is 12.3. The second-order valence-corrected chi connectivity index (χ2v) is 7.75. The molecule has 1 aliphatic rings. The number of benzene rings is 1. The maximum Gasteiger partial charge on any atom is 0.251 e. The van der Waals surface area contributed by atoms with Crippen molar-refractivity contribution in [3.05, 3.63) is 70.4 Å². The van der Waals surface area contributed by atoms with Crippen LogP contribution in [0, 0.1) is 0 Å². The summed E-state index contributed by atoms with van der Waals surface area (Å²) in [6.45, 7) is 5.27. The molecule has 7 nitrogen and oxygen atoms in total. The molecule has 0 bridgehead atoms. The summed E-state index contributed by atoms with van der Waals surface area (Å²) in [6.07, 6.45) is 5.50. The van der Waals surface area contributed by atoms with Gasteiger partial charge in [0, 0.05) is 43.0 Å². The minimum atomic E-state index is -0.120. The molecular formula is C24H28N4O3. The van der Waals surface area contributed by atoms with E-state index in [1.807, 2.05) is 31.2 Å². The summed E-state index contributed by atoms with van der Waals surface area (Å²) in [5.74, 6) is 2.34. The van der Waals surface area contributed by atoms with Gasteiger partial charge in [0.05, 0.1) is 19.4 Å². The van der Waals surface area contributed by atoms with E-state index in [-0.39, 0.29) is 11.5 Å². The number of piperidine rings is 1. The molecule has 31 heavy (non-hydrogen) atoms. The molecule has 2 aromatic heterocycles. The van der Waals surface area contributed by atoms with Gasteiger partial charge in [-0.2, -0.15) is 0 Å². The molecule has 1 N–H and O–H groups in total. The first-order valence-electron chi connectivity index (χ1n) is 10.7. The fourth-order valence-electron chi connectivity index (χ4n) is 4.12. The Morgan fingerprint density at radius 3 is 2.77 bits per heavy atom. The maximum atomic E-state index is 12.3. The Labute approximate surface area is 182 Å². The molecule has 1 aliphatic heterocycles. The summed E-state index contributed by atoms with van der Waals surface area (Å²) in [6, 6.07) is 11.5. The number of hydrogen-bond donors (Lipinski definition) is 1. The van der Waals surface area contributed by atoms with Crippen molar-refractivity contribution in [2.24, 2.45) is 0 Å². The Morgan fingerprint density at radius 1 is 1.16 bits per heavy atom. The van der Waals surface area contributed by atoms with Crippen LogP contribution in [0.5, 0.6) is 11.5 Å². The van der Waals surface area contributed by atoms with Crippen molar-refractivity contribution in [2.75, 3.05) is 26.8 Å². The van der Waals surface area contributed by atoms with E-state index in [1.165, 1.54) is 5.56 Å². The van der Waals surface area contributed by atoms with E-state index in [0.29, 0.717) is 12.4 Å². The van der Waals surface area contributed by atoms with Crippen LogP contribution < -0.4 is 15.0 Å². The van der Waals surface area contributed by atoms with E-state index in [9.17, 15) is 4.79 Å². The average Bonchev–Trinajstić information content (AvgIpc) is 2.80. The molecule has 1 atom stereocenters. The zero-order valence-corrected chi connectivity index (χ0v) is 18.0. The second kappa shape index (κ2) is 9.75. The summed E-state index contributed by atoms with van der Waals surface area (Å²) < 4.78 is 11.1. The lowest BCUT2D eigenvalue weighted by atomic mass is 9.94. The highest BCUT2D eigenvalue weighted by atomic mass is 16.5. The average molecular weight is 421 g/mol. The van der Waals surface area contributed by atoms with Gasteiger partial charge in [0.2, 0.25) is 0 Å². The number of ether oxygens (including phenoxy) is 2. The van der Waals surface area contributed by atoms with Gasteiger partial charge in [0.1, 0.15) is 5.82 Å². The summed E-state index contributed by atoms with van der Waals surface area (Å²) in [4.78, 5) is 26.4. The predicted molar refractivity (Wildman–Crippen MR) is 120 cm³/mol. The first kappa shape index (κ1) is 21.1. The van der Waals surface area contributed by atoms with Crippen LogP contribution in [0.1, 0.15) is 36.9 Å². The molecule has 0 spiro atoms. The van der Waals surface area contributed by atoms with E-state index in [1.54, 1.807) is 25.6 Å². The summed E-state index contributed by atoms with van der Waals surface area (Å²) in [7, 11) is 1.66. The van der Waals surface area contributed by atoms with Crippen molar-refractivity contribution < 1.29 is 9.47 Å². The third-order valence-electron chi connectivity index (χ3n) is 5.57. The zero-order valence-electron chi connectivity index (χ0n) is 18.0. The zero-order chi connectivity index (χ0) is 21.6. The van der Waals surface area contributed by atoms with Crippen LogP contribution in [0.15, 0.2) is 53.6 Å². The molecule has 1 saturated heterocycles. The number of pyridine rings is 1. The van der Waals surface area contributed by atoms with Crippen LogP contribution in [-0.2, 0) is 6.54 Å². The lowest BCUT2D eigenvalue weighted by Crippen LogP contribution is -2.34. The molecule has 1 aromatic carbocycles. The van der Waals surface area contributed by atoms with Crippen LogP contribution in [0.4, 0.5) is 0 Å². The first-order valence-corrected chi connectivity index (χ1v) is 10.7. The number of aromatic amines is 1. The smallest absolute Gasteiger partial charge is 0.251 e. The highest BCUT2D eigenvalue weighted by molar-refractivity contribution is 5.53. The largest absolute Gasteiger partial charge is 0.493 e. The summed E-state index contributed by atoms with van der Waals surface area (Å²) >= 11 is 0. The van der Waals surface area contributed by atoms with Crippen molar-refractivity contribution in [2.45, 2.75) is 32.2 Å². The van der Waals surface area contributed by atoms with Gasteiger partial charge in [0.15, 0.2) is 11.5 Å². The van der Waals surface area contributed by atoms with Crippen molar-refractivity contribution in [1.29, 1.82) is 0 Å². The highest BCUT2D eigenvalue weighted by Gasteiger charge is 2.24. The lowest BCUT2D eigenvalue weighted by molar-refractivity contribution is 0.198. The minimum absolute atomic E-state index is 0.120. The molecule has 3 aromatic rings. The van der Waals surface area contributed by atoms with Crippen LogP contribution >= 0.6 is 0 Å². The fraction of sp³-hybridized carbons (Fsp3) is 0.375. The van der Waals surface area contributed by atoms with Crippen LogP contribution in [-0.4, -0.2) is 46.7 Å². The Hall–Kier alpha value is -3.19. The lowest BCUT2D eigenvalue weighted by Gasteiger charge is -2.32. The van der Waals surface area contributed by atoms with Gasteiger partial charge in [0.25, 0.3) is 5.56 Å². The molecule has 162 valence electrons. The van der Waals surface area contributed by atoms with Gasteiger partial charge in [-0.25, -0.2) is 4.98 Å². The minimum Gasteiger partial charge on any atom is -0.493 e. The molecule has 0 saturated carbocycles. The first-order chi connectivity index (χ1) is 15.2. The summed E-state index contributed by atoms with van der Waals surface area (Å²) in [5.41, 5.74) is 2.77. The normalized spacial score (nSPS) is 16.8. The molecule has 3 heterocycles. The van der Waals surface area contributed by atoms with E-state index < -0.39 is 0 Å². The van der Waals surface area contributed by atoms with Crippen LogP contribution in [0.2, 0.25) is 0 Å². The van der Waals surface area contributed by atoms with Crippen molar-refractivity contribution in [1.82, 2.24) is 19.9 Å². The Balaban J connectivity index is 1.50. The van der Waals surface area contributed by atoms with E-state index in [4.69, 9.17) is 14.5 Å². The Bertz CT molecular complexity index is 1070. The van der Waals surface area contributed by atoms with E-state index >= 15 is 0 Å². The molecule has 0 radical (unpaired) electrons. The molecule has 7 heteroatoms. The monoisotopic (exact) mass is 420 g/mol.